The molecule has 25 heavy (non-hydrogen) atoms. The number of hydrogen-bond acceptors (Lipinski definition) is 2. The highest BCUT2D eigenvalue weighted by molar-refractivity contribution is 5.83. The van der Waals surface area contributed by atoms with Gasteiger partial charge in [-0.05, 0) is 42.3 Å². The average Bonchev–Trinajstić information content (AvgIpc) is 2.99. The first kappa shape index (κ1) is 16.9. The molecule has 4 nitrogen and oxygen atoms in total. The molecule has 0 aliphatic heterocycles. The molecule has 130 valence electrons. The van der Waals surface area contributed by atoms with Crippen LogP contribution in [-0.4, -0.2) is 24.3 Å². The van der Waals surface area contributed by atoms with E-state index in [1.807, 2.05) is 30.5 Å². The van der Waals surface area contributed by atoms with Crippen molar-refractivity contribution in [2.45, 2.75) is 12.8 Å². The van der Waals surface area contributed by atoms with Crippen LogP contribution in [0.1, 0.15) is 5.56 Å². The number of carbonyl (C=O) groups is 1. The fourth-order valence-electron chi connectivity index (χ4n) is 2.66. The highest BCUT2D eigenvalue weighted by Crippen LogP contribution is 2.25. The summed E-state index contributed by atoms with van der Waals surface area (Å²) in [6.07, 6.45) is -1.56. The quantitative estimate of drug-likeness (QED) is 0.676. The van der Waals surface area contributed by atoms with Crippen molar-refractivity contribution >= 4 is 23.0 Å². The minimum atomic E-state index is -4.73. The number of H-pyrrole nitrogens is 1. The monoisotopic (exact) mass is 348 g/mol. The number of rotatable bonds is 6. The summed E-state index contributed by atoms with van der Waals surface area (Å²) in [4.78, 5) is 16.0. The molecule has 1 amide bonds. The van der Waals surface area contributed by atoms with Crippen LogP contribution in [0.15, 0.2) is 54.7 Å². The molecule has 3 aromatic rings. The van der Waals surface area contributed by atoms with E-state index in [-0.39, 0.29) is 5.75 Å². The summed E-state index contributed by atoms with van der Waals surface area (Å²) in [7, 11) is 0. The molecule has 7 heteroatoms. The maximum absolute atomic E-state index is 12.2. The van der Waals surface area contributed by atoms with E-state index < -0.39 is 6.36 Å². The maximum atomic E-state index is 12.2. The zero-order valence-electron chi connectivity index (χ0n) is 13.1. The lowest BCUT2D eigenvalue weighted by Crippen LogP contribution is -2.23. The maximum Gasteiger partial charge on any atom is 0.573 e. The summed E-state index contributed by atoms with van der Waals surface area (Å²) in [6, 6.07) is 13.1. The zero-order valence-corrected chi connectivity index (χ0v) is 13.1. The minimum absolute atomic E-state index is 0.321. The van der Waals surface area contributed by atoms with Crippen LogP contribution in [0.3, 0.4) is 0 Å². The highest BCUT2D eigenvalue weighted by atomic mass is 19.4. The van der Waals surface area contributed by atoms with Crippen molar-refractivity contribution < 1.29 is 22.7 Å². The third-order valence-corrected chi connectivity index (χ3v) is 3.83. The molecule has 0 aliphatic rings. The fraction of sp³-hybridized carbons (Fsp3) is 0.167. The van der Waals surface area contributed by atoms with Crippen LogP contribution < -0.4 is 9.64 Å². The van der Waals surface area contributed by atoms with E-state index >= 15 is 0 Å². The van der Waals surface area contributed by atoms with Crippen LogP contribution in [0.4, 0.5) is 18.9 Å². The Morgan fingerprint density at radius 1 is 1.08 bits per heavy atom. The van der Waals surface area contributed by atoms with Gasteiger partial charge in [0.15, 0.2) is 0 Å². The number of amides is 1. The Balaban J connectivity index is 1.69. The van der Waals surface area contributed by atoms with Crippen molar-refractivity contribution in [3.8, 4) is 5.75 Å². The molecule has 0 saturated heterocycles. The van der Waals surface area contributed by atoms with E-state index in [0.29, 0.717) is 25.1 Å². The van der Waals surface area contributed by atoms with Crippen LogP contribution in [0.2, 0.25) is 0 Å². The largest absolute Gasteiger partial charge is 0.573 e. The van der Waals surface area contributed by atoms with Crippen molar-refractivity contribution in [2.24, 2.45) is 0 Å². The SMILES string of the molecule is O=CN(CCc1c[nH]c2ccccc12)c1ccc(OC(F)(F)F)cc1. The lowest BCUT2D eigenvalue weighted by Gasteiger charge is -2.18. The third-order valence-electron chi connectivity index (χ3n) is 3.83. The van der Waals surface area contributed by atoms with Gasteiger partial charge in [-0.1, -0.05) is 18.2 Å². The Kier molecular flexibility index (Phi) is 4.65. The van der Waals surface area contributed by atoms with Crippen molar-refractivity contribution in [2.75, 3.05) is 11.4 Å². The standard InChI is InChI=1S/C18H15F3N2O2/c19-18(20,21)25-15-7-5-14(6-8-15)23(12-24)10-9-13-11-22-17-4-2-1-3-16(13)17/h1-8,11-12,22H,9-10H2. The van der Waals surface area contributed by atoms with Gasteiger partial charge in [0.2, 0.25) is 6.41 Å². The summed E-state index contributed by atoms with van der Waals surface area (Å²) >= 11 is 0. The molecule has 1 heterocycles. The fourth-order valence-corrected chi connectivity index (χ4v) is 2.66. The molecule has 0 spiro atoms. The molecule has 0 saturated carbocycles. The molecule has 1 aromatic heterocycles. The molecule has 1 N–H and O–H groups in total. The van der Waals surface area contributed by atoms with Gasteiger partial charge < -0.3 is 14.6 Å². The van der Waals surface area contributed by atoms with Gasteiger partial charge in [-0.3, -0.25) is 4.79 Å². The number of ether oxygens (including phenoxy) is 1. The average molecular weight is 348 g/mol. The van der Waals surface area contributed by atoms with Gasteiger partial charge in [-0.15, -0.1) is 13.2 Å². The smallest absolute Gasteiger partial charge is 0.406 e. The lowest BCUT2D eigenvalue weighted by atomic mass is 10.1. The number of alkyl halides is 3. The van der Waals surface area contributed by atoms with Crippen LogP contribution in [-0.2, 0) is 11.2 Å². The van der Waals surface area contributed by atoms with Gasteiger partial charge in [0.1, 0.15) is 5.75 Å². The lowest BCUT2D eigenvalue weighted by molar-refractivity contribution is -0.274. The zero-order chi connectivity index (χ0) is 17.9. The number of hydrogen-bond donors (Lipinski definition) is 1. The van der Waals surface area contributed by atoms with E-state index in [2.05, 4.69) is 9.72 Å². The van der Waals surface area contributed by atoms with Crippen LogP contribution >= 0.6 is 0 Å². The molecule has 0 unspecified atom stereocenters. The third kappa shape index (κ3) is 4.12. The summed E-state index contributed by atoms with van der Waals surface area (Å²) in [6.45, 7) is 0.408. The number of benzene rings is 2. The molecular formula is C18H15F3N2O2. The summed E-state index contributed by atoms with van der Waals surface area (Å²) in [5.41, 5.74) is 2.59. The first-order valence-electron chi connectivity index (χ1n) is 7.59. The second kappa shape index (κ2) is 6.88. The van der Waals surface area contributed by atoms with Gasteiger partial charge in [0.05, 0.1) is 0 Å². The van der Waals surface area contributed by atoms with Crippen LogP contribution in [0, 0.1) is 0 Å². The molecule has 0 atom stereocenters. The number of aromatic amines is 1. The number of anilines is 1. The Labute approximate surface area is 141 Å². The molecule has 0 fully saturated rings. The first-order chi connectivity index (χ1) is 12.0. The highest BCUT2D eigenvalue weighted by Gasteiger charge is 2.31. The van der Waals surface area contributed by atoms with Crippen LogP contribution in [0.25, 0.3) is 10.9 Å². The van der Waals surface area contributed by atoms with E-state index in [1.54, 1.807) is 0 Å². The topological polar surface area (TPSA) is 45.3 Å². The molecule has 3 rings (SSSR count). The van der Waals surface area contributed by atoms with E-state index in [0.717, 1.165) is 16.5 Å². The second-order valence-corrected chi connectivity index (χ2v) is 5.45. The van der Waals surface area contributed by atoms with Crippen molar-refractivity contribution in [1.82, 2.24) is 4.98 Å². The number of nitrogens with zero attached hydrogens (tertiary/aromatic N) is 1. The Morgan fingerprint density at radius 3 is 2.48 bits per heavy atom. The van der Waals surface area contributed by atoms with Gasteiger partial charge >= 0.3 is 6.36 Å². The number of para-hydroxylation sites is 1. The van der Waals surface area contributed by atoms with E-state index in [1.165, 1.54) is 29.2 Å². The number of carbonyl (C=O) groups excluding carboxylic acids is 1. The first-order valence-corrected chi connectivity index (χ1v) is 7.59. The van der Waals surface area contributed by atoms with Gasteiger partial charge in [0.25, 0.3) is 0 Å². The van der Waals surface area contributed by atoms with Gasteiger partial charge in [-0.2, -0.15) is 0 Å². The summed E-state index contributed by atoms with van der Waals surface area (Å²) in [5, 5.41) is 1.09. The molecular weight excluding hydrogens is 333 g/mol. The van der Waals surface area contributed by atoms with Gasteiger partial charge in [-0.25, -0.2) is 0 Å². The number of fused-ring (bicyclic) bond motifs is 1. The normalized spacial score (nSPS) is 11.5. The number of halogens is 3. The Hall–Kier alpha value is -2.96. The molecule has 0 aliphatic carbocycles. The number of aromatic nitrogens is 1. The number of nitrogens with one attached hydrogen (secondary N) is 1. The van der Waals surface area contributed by atoms with Crippen molar-refractivity contribution in [3.63, 3.8) is 0 Å². The predicted molar refractivity (Wildman–Crippen MR) is 88.5 cm³/mol. The second-order valence-electron chi connectivity index (χ2n) is 5.45. The predicted octanol–water partition coefficient (Wildman–Crippen LogP) is 4.27. The van der Waals surface area contributed by atoms with Crippen molar-refractivity contribution in [3.05, 3.63) is 60.3 Å². The van der Waals surface area contributed by atoms with E-state index in [9.17, 15) is 18.0 Å². The minimum Gasteiger partial charge on any atom is -0.406 e. The Morgan fingerprint density at radius 2 is 1.80 bits per heavy atom. The van der Waals surface area contributed by atoms with Crippen LogP contribution in [0.5, 0.6) is 5.75 Å². The summed E-state index contributed by atoms with van der Waals surface area (Å²) in [5.74, 6) is -0.321. The van der Waals surface area contributed by atoms with Gasteiger partial charge in [0, 0.05) is 29.3 Å². The molecule has 0 radical (unpaired) electrons. The van der Waals surface area contributed by atoms with E-state index in [4.69, 9.17) is 0 Å². The van der Waals surface area contributed by atoms with Crippen molar-refractivity contribution in [1.29, 1.82) is 0 Å². The molecule has 0 bridgehead atoms. The molecule has 2 aromatic carbocycles. The Bertz CT molecular complexity index is 857. The summed E-state index contributed by atoms with van der Waals surface area (Å²) < 4.78 is 40.4.